The molecule has 1 rings (SSSR count). The van der Waals surface area contributed by atoms with Gasteiger partial charge in [-0.25, -0.2) is 0 Å². The Morgan fingerprint density at radius 2 is 2.05 bits per heavy atom. The molecular weight excluding hydrogens is 272 g/mol. The van der Waals surface area contributed by atoms with Crippen molar-refractivity contribution < 1.29 is 19.4 Å². The Morgan fingerprint density at radius 1 is 1.38 bits per heavy atom. The Bertz CT molecular complexity index is 490. The van der Waals surface area contributed by atoms with Crippen LogP contribution in [0.25, 0.3) is 0 Å². The second-order valence-corrected chi connectivity index (χ2v) is 4.75. The molecule has 6 nitrogen and oxygen atoms in total. The van der Waals surface area contributed by atoms with E-state index in [1.807, 2.05) is 31.2 Å². The van der Waals surface area contributed by atoms with E-state index in [-0.39, 0.29) is 24.8 Å². The SMILES string of the molecule is CCC(NC(=O)C(N)CCC(=O)O)c1ccccc1OC. The number of carbonyl (C=O) groups is 2. The number of rotatable bonds is 8. The summed E-state index contributed by atoms with van der Waals surface area (Å²) in [5.74, 6) is -0.618. The third-order valence-electron chi connectivity index (χ3n) is 3.25. The number of carboxylic acid groups (broad SMARTS) is 1. The molecule has 0 aliphatic heterocycles. The van der Waals surface area contributed by atoms with E-state index in [0.29, 0.717) is 12.2 Å². The molecule has 0 spiro atoms. The van der Waals surface area contributed by atoms with Crippen LogP contribution >= 0.6 is 0 Å². The Balaban J connectivity index is 2.73. The van der Waals surface area contributed by atoms with Gasteiger partial charge in [0.05, 0.1) is 19.2 Å². The smallest absolute Gasteiger partial charge is 0.303 e. The van der Waals surface area contributed by atoms with Gasteiger partial charge in [0.25, 0.3) is 0 Å². The zero-order valence-electron chi connectivity index (χ0n) is 12.3. The number of amides is 1. The van der Waals surface area contributed by atoms with Crippen LogP contribution in [0.4, 0.5) is 0 Å². The molecule has 0 heterocycles. The number of carbonyl (C=O) groups excluding carboxylic acids is 1. The van der Waals surface area contributed by atoms with Crippen molar-refractivity contribution in [2.75, 3.05) is 7.11 Å². The predicted molar refractivity (Wildman–Crippen MR) is 79.0 cm³/mol. The lowest BCUT2D eigenvalue weighted by molar-refractivity contribution is -0.137. The highest BCUT2D eigenvalue weighted by Crippen LogP contribution is 2.26. The largest absolute Gasteiger partial charge is 0.496 e. The van der Waals surface area contributed by atoms with Crippen LogP contribution < -0.4 is 15.8 Å². The topological polar surface area (TPSA) is 102 Å². The Hall–Kier alpha value is -2.08. The lowest BCUT2D eigenvalue weighted by atomic mass is 10.0. The molecular formula is C15H22N2O4. The minimum atomic E-state index is -0.963. The van der Waals surface area contributed by atoms with E-state index in [0.717, 1.165) is 5.56 Å². The first-order chi connectivity index (χ1) is 9.99. The molecule has 21 heavy (non-hydrogen) atoms. The van der Waals surface area contributed by atoms with Gasteiger partial charge in [-0.1, -0.05) is 25.1 Å². The van der Waals surface area contributed by atoms with E-state index >= 15 is 0 Å². The number of nitrogens with two attached hydrogens (primary N) is 1. The van der Waals surface area contributed by atoms with Gasteiger partial charge >= 0.3 is 5.97 Å². The lowest BCUT2D eigenvalue weighted by Gasteiger charge is -2.21. The van der Waals surface area contributed by atoms with E-state index in [2.05, 4.69) is 5.32 Å². The van der Waals surface area contributed by atoms with E-state index in [4.69, 9.17) is 15.6 Å². The summed E-state index contributed by atoms with van der Waals surface area (Å²) < 4.78 is 5.29. The third-order valence-corrected chi connectivity index (χ3v) is 3.25. The van der Waals surface area contributed by atoms with Crippen LogP contribution in [0.15, 0.2) is 24.3 Å². The summed E-state index contributed by atoms with van der Waals surface area (Å²) >= 11 is 0. The van der Waals surface area contributed by atoms with Crippen LogP contribution in [0.5, 0.6) is 5.75 Å². The van der Waals surface area contributed by atoms with Crippen molar-refractivity contribution in [2.45, 2.75) is 38.3 Å². The van der Waals surface area contributed by atoms with Crippen molar-refractivity contribution >= 4 is 11.9 Å². The maximum atomic E-state index is 12.0. The van der Waals surface area contributed by atoms with Gasteiger partial charge in [0.1, 0.15) is 5.75 Å². The average molecular weight is 294 g/mol. The molecule has 0 radical (unpaired) electrons. The van der Waals surface area contributed by atoms with Crippen molar-refractivity contribution in [1.82, 2.24) is 5.32 Å². The number of carboxylic acids is 1. The number of nitrogens with one attached hydrogen (secondary N) is 1. The number of methoxy groups -OCH3 is 1. The quantitative estimate of drug-likeness (QED) is 0.673. The van der Waals surface area contributed by atoms with Gasteiger partial charge in [-0.2, -0.15) is 0 Å². The van der Waals surface area contributed by atoms with Crippen molar-refractivity contribution in [3.8, 4) is 5.75 Å². The van der Waals surface area contributed by atoms with Crippen LogP contribution in [0.2, 0.25) is 0 Å². The third kappa shape index (κ3) is 5.07. The van der Waals surface area contributed by atoms with E-state index < -0.39 is 12.0 Å². The second kappa shape index (κ2) is 8.26. The van der Waals surface area contributed by atoms with Gasteiger partial charge in [0.15, 0.2) is 0 Å². The average Bonchev–Trinajstić information content (AvgIpc) is 2.49. The number of hydrogen-bond donors (Lipinski definition) is 3. The van der Waals surface area contributed by atoms with E-state index in [1.165, 1.54) is 0 Å². The van der Waals surface area contributed by atoms with Gasteiger partial charge in [-0.05, 0) is 18.9 Å². The molecule has 0 aromatic heterocycles. The molecule has 0 aliphatic carbocycles. The zero-order chi connectivity index (χ0) is 15.8. The van der Waals surface area contributed by atoms with Crippen LogP contribution in [-0.2, 0) is 9.59 Å². The number of ether oxygens (including phenoxy) is 1. The maximum Gasteiger partial charge on any atom is 0.303 e. The van der Waals surface area contributed by atoms with Gasteiger partial charge < -0.3 is 20.9 Å². The molecule has 0 saturated carbocycles. The Labute approximate surface area is 124 Å². The monoisotopic (exact) mass is 294 g/mol. The van der Waals surface area contributed by atoms with E-state index in [1.54, 1.807) is 7.11 Å². The van der Waals surface area contributed by atoms with Crippen molar-refractivity contribution in [2.24, 2.45) is 5.73 Å². The van der Waals surface area contributed by atoms with Crippen molar-refractivity contribution in [3.05, 3.63) is 29.8 Å². The van der Waals surface area contributed by atoms with Gasteiger partial charge in [-0.15, -0.1) is 0 Å². The molecule has 0 bridgehead atoms. The summed E-state index contributed by atoms with van der Waals surface area (Å²) in [6.45, 7) is 1.94. The van der Waals surface area contributed by atoms with Crippen molar-refractivity contribution in [1.29, 1.82) is 0 Å². The lowest BCUT2D eigenvalue weighted by Crippen LogP contribution is -2.42. The minimum Gasteiger partial charge on any atom is -0.496 e. The molecule has 0 saturated heterocycles. The van der Waals surface area contributed by atoms with Crippen molar-refractivity contribution in [3.63, 3.8) is 0 Å². The first kappa shape index (κ1) is 17.0. The van der Waals surface area contributed by atoms with Gasteiger partial charge in [-0.3, -0.25) is 9.59 Å². The Kier molecular flexibility index (Phi) is 6.68. The summed E-state index contributed by atoms with van der Waals surface area (Å²) in [5.41, 5.74) is 6.59. The van der Waals surface area contributed by atoms with Crippen LogP contribution in [0, 0.1) is 0 Å². The molecule has 116 valence electrons. The fourth-order valence-corrected chi connectivity index (χ4v) is 2.04. The minimum absolute atomic E-state index is 0.115. The summed E-state index contributed by atoms with van der Waals surface area (Å²) in [5, 5.41) is 11.5. The molecule has 2 atom stereocenters. The van der Waals surface area contributed by atoms with Crippen LogP contribution in [0.3, 0.4) is 0 Å². The summed E-state index contributed by atoms with van der Waals surface area (Å²) in [7, 11) is 1.58. The Morgan fingerprint density at radius 3 is 2.62 bits per heavy atom. The number of hydrogen-bond acceptors (Lipinski definition) is 4. The number of aliphatic carboxylic acids is 1. The molecule has 4 N–H and O–H groups in total. The fourth-order valence-electron chi connectivity index (χ4n) is 2.04. The van der Waals surface area contributed by atoms with Crippen LogP contribution in [0.1, 0.15) is 37.8 Å². The highest BCUT2D eigenvalue weighted by Gasteiger charge is 2.20. The van der Waals surface area contributed by atoms with Gasteiger partial charge in [0, 0.05) is 12.0 Å². The maximum absolute atomic E-state index is 12.0. The molecule has 1 amide bonds. The zero-order valence-corrected chi connectivity index (χ0v) is 12.3. The normalized spacial score (nSPS) is 13.3. The number of benzene rings is 1. The van der Waals surface area contributed by atoms with E-state index in [9.17, 15) is 9.59 Å². The fraction of sp³-hybridized carbons (Fsp3) is 0.467. The highest BCUT2D eigenvalue weighted by atomic mass is 16.5. The standard InChI is InChI=1S/C15H22N2O4/c1-3-12(10-6-4-5-7-13(10)21-2)17-15(20)11(16)8-9-14(18)19/h4-7,11-12H,3,8-9,16H2,1-2H3,(H,17,20)(H,18,19). The van der Waals surface area contributed by atoms with Crippen LogP contribution in [-0.4, -0.2) is 30.1 Å². The first-order valence-electron chi connectivity index (χ1n) is 6.90. The summed E-state index contributed by atoms with van der Waals surface area (Å²) in [6.07, 6.45) is 0.668. The summed E-state index contributed by atoms with van der Waals surface area (Å²) in [6, 6.07) is 6.39. The molecule has 1 aromatic carbocycles. The molecule has 1 aromatic rings. The molecule has 6 heteroatoms. The predicted octanol–water partition coefficient (Wildman–Crippen LogP) is 1.45. The number of para-hydroxylation sites is 1. The highest BCUT2D eigenvalue weighted by molar-refractivity contribution is 5.82. The van der Waals surface area contributed by atoms with Gasteiger partial charge in [0.2, 0.25) is 5.91 Å². The second-order valence-electron chi connectivity index (χ2n) is 4.75. The molecule has 0 aliphatic rings. The molecule has 0 fully saturated rings. The summed E-state index contributed by atoms with van der Waals surface area (Å²) in [4.78, 5) is 22.5. The first-order valence-corrected chi connectivity index (χ1v) is 6.90. The molecule has 2 unspecified atom stereocenters.